The molecule has 1 aromatic rings. The van der Waals surface area contributed by atoms with Crippen LogP contribution >= 0.6 is 23.5 Å². The number of anilines is 1. The minimum atomic E-state index is -0.0605. The van der Waals surface area contributed by atoms with Crippen LogP contribution in [0, 0.1) is 0 Å². The second-order valence-electron chi connectivity index (χ2n) is 11.8. The molecule has 3 unspecified atom stereocenters. The van der Waals surface area contributed by atoms with E-state index in [2.05, 4.69) is 53.8 Å². The lowest BCUT2D eigenvalue weighted by Gasteiger charge is -2.40. The van der Waals surface area contributed by atoms with Crippen LogP contribution in [0.1, 0.15) is 59.8 Å². The van der Waals surface area contributed by atoms with Crippen molar-refractivity contribution in [2.45, 2.75) is 76.6 Å². The number of amides is 1. The molecular formula is C32H47N5O3S2. The lowest BCUT2D eigenvalue weighted by atomic mass is 10.0. The van der Waals surface area contributed by atoms with E-state index >= 15 is 0 Å². The third-order valence-corrected chi connectivity index (χ3v) is 12.2. The van der Waals surface area contributed by atoms with E-state index in [1.807, 2.05) is 46.6 Å². The van der Waals surface area contributed by atoms with Gasteiger partial charge in [-0.05, 0) is 59.2 Å². The smallest absolute Gasteiger partial charge is 0.242 e. The number of ether oxygens (including phenoxy) is 1. The van der Waals surface area contributed by atoms with E-state index in [-0.39, 0.29) is 28.5 Å². The summed E-state index contributed by atoms with van der Waals surface area (Å²) in [7, 11) is 1.70. The SMILES string of the molecule is COc1ccccc1N1CCN(C(=O)CN2C(C)=C(C)SC2C2SC(C)=C(C)N2CC(=O)C2CCCCCCN2)CC1. The normalized spacial score (nSPS) is 25.7. The molecule has 0 aliphatic carbocycles. The summed E-state index contributed by atoms with van der Waals surface area (Å²) in [5.74, 6) is 1.32. The minimum absolute atomic E-state index is 0.0605. The second-order valence-corrected chi connectivity index (χ2v) is 14.4. The van der Waals surface area contributed by atoms with Gasteiger partial charge in [0.05, 0.1) is 31.9 Å². The number of carbonyl (C=O) groups is 2. The molecule has 1 amide bonds. The van der Waals surface area contributed by atoms with E-state index in [4.69, 9.17) is 4.74 Å². The van der Waals surface area contributed by atoms with Gasteiger partial charge in [0.15, 0.2) is 5.78 Å². The van der Waals surface area contributed by atoms with E-state index in [0.717, 1.165) is 50.3 Å². The van der Waals surface area contributed by atoms with Gasteiger partial charge in [0.25, 0.3) is 0 Å². The number of methoxy groups -OCH3 is 1. The van der Waals surface area contributed by atoms with Crippen LogP contribution < -0.4 is 15.0 Å². The largest absolute Gasteiger partial charge is 0.495 e. The maximum atomic E-state index is 13.7. The zero-order chi connectivity index (χ0) is 29.8. The standard InChI is InChI=1S/C32H47N5O3S2/c1-22-24(3)41-31(36(22)20-28(38)26-12-8-6-7-11-15-33-26)32-37(23(2)25(4)42-32)21-30(39)35-18-16-34(17-19-35)27-13-9-10-14-29(27)40-5/h9-10,13-14,26,31-33H,6-8,11-12,15-21H2,1-5H3. The van der Waals surface area contributed by atoms with Gasteiger partial charge in [0, 0.05) is 47.4 Å². The van der Waals surface area contributed by atoms with Crippen LogP contribution in [0.4, 0.5) is 5.69 Å². The van der Waals surface area contributed by atoms with Crippen LogP contribution in [-0.4, -0.2) is 96.1 Å². The van der Waals surface area contributed by atoms with Crippen LogP contribution in [0.3, 0.4) is 0 Å². The highest BCUT2D eigenvalue weighted by Crippen LogP contribution is 2.49. The summed E-state index contributed by atoms with van der Waals surface area (Å²) in [6, 6.07) is 8.02. The Hall–Kier alpha value is -2.30. The first kappa shape index (κ1) is 31.1. The Morgan fingerprint density at radius 1 is 0.857 bits per heavy atom. The predicted octanol–water partition coefficient (Wildman–Crippen LogP) is 5.09. The molecule has 230 valence electrons. The van der Waals surface area contributed by atoms with Gasteiger partial charge in [-0.1, -0.05) is 31.4 Å². The van der Waals surface area contributed by atoms with E-state index < -0.39 is 0 Å². The summed E-state index contributed by atoms with van der Waals surface area (Å²) in [6.07, 6.45) is 5.64. The number of piperazine rings is 1. The maximum Gasteiger partial charge on any atom is 0.242 e. The van der Waals surface area contributed by atoms with Crippen molar-refractivity contribution in [2.75, 3.05) is 57.8 Å². The van der Waals surface area contributed by atoms with Crippen LogP contribution in [0.25, 0.3) is 0 Å². The van der Waals surface area contributed by atoms with E-state index in [1.165, 1.54) is 34.0 Å². The molecular weight excluding hydrogens is 567 g/mol. The molecule has 4 aliphatic rings. The van der Waals surface area contributed by atoms with Gasteiger partial charge in [-0.2, -0.15) is 0 Å². The lowest BCUT2D eigenvalue weighted by molar-refractivity contribution is -0.132. The van der Waals surface area contributed by atoms with Crippen molar-refractivity contribution >= 4 is 40.9 Å². The van der Waals surface area contributed by atoms with E-state index in [1.54, 1.807) is 7.11 Å². The molecule has 0 bridgehead atoms. The first-order valence-electron chi connectivity index (χ1n) is 15.4. The second kappa shape index (κ2) is 14.0. The highest BCUT2D eigenvalue weighted by molar-refractivity contribution is 8.07. The van der Waals surface area contributed by atoms with E-state index in [0.29, 0.717) is 26.2 Å². The molecule has 10 heteroatoms. The van der Waals surface area contributed by atoms with Crippen LogP contribution in [0.5, 0.6) is 5.75 Å². The van der Waals surface area contributed by atoms with Crippen molar-refractivity contribution in [2.24, 2.45) is 0 Å². The first-order chi connectivity index (χ1) is 20.3. The number of hydrogen-bond donors (Lipinski definition) is 1. The highest BCUT2D eigenvalue weighted by Gasteiger charge is 2.43. The molecule has 0 radical (unpaired) electrons. The third-order valence-electron chi connectivity index (χ3n) is 9.22. The molecule has 0 spiro atoms. The summed E-state index contributed by atoms with van der Waals surface area (Å²) < 4.78 is 5.57. The summed E-state index contributed by atoms with van der Waals surface area (Å²) in [4.78, 5) is 38.7. The third kappa shape index (κ3) is 6.76. The molecule has 2 fully saturated rings. The molecule has 1 N–H and O–H groups in total. The van der Waals surface area contributed by atoms with Gasteiger partial charge in [-0.15, -0.1) is 23.5 Å². The van der Waals surface area contributed by atoms with Crippen molar-refractivity contribution in [3.05, 3.63) is 45.5 Å². The van der Waals surface area contributed by atoms with Crippen molar-refractivity contribution in [1.82, 2.24) is 20.0 Å². The van der Waals surface area contributed by atoms with Crippen LogP contribution in [0.2, 0.25) is 0 Å². The molecule has 0 aromatic heterocycles. The van der Waals surface area contributed by atoms with Gasteiger partial charge in [0.2, 0.25) is 5.91 Å². The Morgan fingerprint density at radius 2 is 1.48 bits per heavy atom. The first-order valence-corrected chi connectivity index (χ1v) is 17.2. The molecule has 2 saturated heterocycles. The fourth-order valence-corrected chi connectivity index (χ4v) is 9.26. The Kier molecular flexibility index (Phi) is 10.4. The maximum absolute atomic E-state index is 13.7. The van der Waals surface area contributed by atoms with Gasteiger partial charge >= 0.3 is 0 Å². The quantitative estimate of drug-likeness (QED) is 0.432. The summed E-state index contributed by atoms with van der Waals surface area (Å²) in [5, 5.41) is 3.68. The average Bonchev–Trinajstić information content (AvgIpc) is 3.41. The lowest BCUT2D eigenvalue weighted by Crippen LogP contribution is -2.53. The summed E-state index contributed by atoms with van der Waals surface area (Å²) in [5.41, 5.74) is 3.44. The summed E-state index contributed by atoms with van der Waals surface area (Å²) in [6.45, 7) is 13.2. The fraction of sp³-hybridized carbons (Fsp3) is 0.625. The van der Waals surface area contributed by atoms with Crippen molar-refractivity contribution < 1.29 is 14.3 Å². The minimum Gasteiger partial charge on any atom is -0.495 e. The molecule has 0 saturated carbocycles. The molecule has 42 heavy (non-hydrogen) atoms. The van der Waals surface area contributed by atoms with Crippen LogP contribution in [-0.2, 0) is 9.59 Å². The molecule has 4 heterocycles. The number of carbonyl (C=O) groups excluding carboxylic acids is 2. The molecule has 3 atom stereocenters. The van der Waals surface area contributed by atoms with Gasteiger partial charge in [0.1, 0.15) is 16.5 Å². The topological polar surface area (TPSA) is 68.4 Å². The van der Waals surface area contributed by atoms with Gasteiger partial charge in [-0.25, -0.2) is 0 Å². The Morgan fingerprint density at radius 3 is 2.14 bits per heavy atom. The number of ketones is 1. The monoisotopic (exact) mass is 613 g/mol. The number of nitrogens with one attached hydrogen (secondary N) is 1. The Labute approximate surface area is 260 Å². The zero-order valence-corrected chi connectivity index (χ0v) is 27.5. The number of para-hydroxylation sites is 2. The van der Waals surface area contributed by atoms with Crippen molar-refractivity contribution in [3.63, 3.8) is 0 Å². The predicted molar refractivity (Wildman–Crippen MR) is 175 cm³/mol. The highest BCUT2D eigenvalue weighted by atomic mass is 32.2. The number of allylic oxidation sites excluding steroid dienone is 4. The molecule has 5 rings (SSSR count). The van der Waals surface area contributed by atoms with Gasteiger partial charge in [-0.3, -0.25) is 9.59 Å². The van der Waals surface area contributed by atoms with Gasteiger partial charge < -0.3 is 29.7 Å². The van der Waals surface area contributed by atoms with E-state index in [9.17, 15) is 9.59 Å². The van der Waals surface area contributed by atoms with Crippen molar-refractivity contribution in [1.29, 1.82) is 0 Å². The zero-order valence-electron chi connectivity index (χ0n) is 25.9. The Bertz CT molecular complexity index is 1200. The number of hydrogen-bond acceptors (Lipinski definition) is 9. The molecule has 4 aliphatic heterocycles. The molecule has 8 nitrogen and oxygen atoms in total. The number of benzene rings is 1. The average molecular weight is 614 g/mol. The number of Topliss-reactive ketones (excluding diaryl/α,β-unsaturated/α-hetero) is 1. The number of rotatable bonds is 8. The molecule has 1 aromatic carbocycles. The Balaban J connectivity index is 1.24. The number of thioether (sulfide) groups is 2. The van der Waals surface area contributed by atoms with Crippen molar-refractivity contribution in [3.8, 4) is 5.75 Å². The number of nitrogens with zero attached hydrogens (tertiary/aromatic N) is 4. The fourth-order valence-electron chi connectivity index (χ4n) is 6.38. The summed E-state index contributed by atoms with van der Waals surface area (Å²) >= 11 is 3.69. The van der Waals surface area contributed by atoms with Crippen LogP contribution in [0.15, 0.2) is 45.5 Å².